The van der Waals surface area contributed by atoms with Crippen molar-refractivity contribution in [2.24, 2.45) is 0 Å². The zero-order valence-corrected chi connectivity index (χ0v) is 16.6. The van der Waals surface area contributed by atoms with E-state index in [1.54, 1.807) is 0 Å². The highest BCUT2D eigenvalue weighted by Gasteiger charge is 2.20. The van der Waals surface area contributed by atoms with Crippen LogP contribution in [-0.4, -0.2) is 30.5 Å². The summed E-state index contributed by atoms with van der Waals surface area (Å²) in [7, 11) is 0. The Hall–Kier alpha value is -2.04. The molecule has 1 atom stereocenters. The summed E-state index contributed by atoms with van der Waals surface area (Å²) < 4.78 is 5.65. The molecule has 1 rings (SSSR count). The Morgan fingerprint density at radius 2 is 1.73 bits per heavy atom. The van der Waals surface area contributed by atoms with Crippen molar-refractivity contribution < 1.29 is 14.3 Å². The lowest BCUT2D eigenvalue weighted by atomic mass is 10.0. The Morgan fingerprint density at radius 1 is 1.04 bits per heavy atom. The third-order valence-electron chi connectivity index (χ3n) is 3.94. The van der Waals surface area contributed by atoms with E-state index in [9.17, 15) is 9.59 Å². The molecule has 146 valence electrons. The first-order valence-electron chi connectivity index (χ1n) is 9.78. The van der Waals surface area contributed by atoms with Crippen molar-refractivity contribution in [3.05, 3.63) is 29.8 Å². The summed E-state index contributed by atoms with van der Waals surface area (Å²) in [5.41, 5.74) is 0.992. The molecule has 5 heteroatoms. The third kappa shape index (κ3) is 8.88. The van der Waals surface area contributed by atoms with Gasteiger partial charge in [-0.15, -0.1) is 0 Å². The largest absolute Gasteiger partial charge is 0.491 e. The highest BCUT2D eigenvalue weighted by Crippen LogP contribution is 2.15. The third-order valence-corrected chi connectivity index (χ3v) is 3.94. The highest BCUT2D eigenvalue weighted by atomic mass is 16.5. The van der Waals surface area contributed by atoms with E-state index in [4.69, 9.17) is 4.74 Å². The van der Waals surface area contributed by atoms with E-state index < -0.39 is 6.04 Å². The molecule has 0 aliphatic carbocycles. The normalized spacial score (nSPS) is 11.9. The maximum Gasteiger partial charge on any atom is 0.242 e. The number of benzene rings is 1. The van der Waals surface area contributed by atoms with E-state index in [-0.39, 0.29) is 17.9 Å². The van der Waals surface area contributed by atoms with Crippen LogP contribution in [0.3, 0.4) is 0 Å². The molecule has 0 saturated heterocycles. The molecular weight excluding hydrogens is 328 g/mol. The summed E-state index contributed by atoms with van der Waals surface area (Å²) in [6, 6.07) is 7.15. The lowest BCUT2D eigenvalue weighted by Crippen LogP contribution is -2.48. The zero-order chi connectivity index (χ0) is 19.4. The molecule has 0 aliphatic heterocycles. The average Bonchev–Trinajstić information content (AvgIpc) is 2.59. The van der Waals surface area contributed by atoms with Gasteiger partial charge >= 0.3 is 0 Å². The van der Waals surface area contributed by atoms with Gasteiger partial charge in [0.2, 0.25) is 11.8 Å². The minimum Gasteiger partial charge on any atom is -0.491 e. The first kappa shape index (κ1) is 22.0. The fraction of sp³-hybridized carbons (Fsp3) is 0.619. The standard InChI is InChI=1S/C21H34N2O3/c1-5-7-8-14-22-21(25)19(23-20(24)9-6-2)15-17-10-12-18(13-11-17)26-16(3)4/h10-13,16,19H,5-9,14-15H2,1-4H3,(H,22,25)(H,23,24)/t19-/m0/s1. The van der Waals surface area contributed by atoms with Crippen molar-refractivity contribution in [2.75, 3.05) is 6.54 Å². The molecule has 1 aromatic rings. The van der Waals surface area contributed by atoms with E-state index in [2.05, 4.69) is 17.6 Å². The van der Waals surface area contributed by atoms with Crippen molar-refractivity contribution in [1.82, 2.24) is 10.6 Å². The minimum atomic E-state index is -0.549. The average molecular weight is 363 g/mol. The van der Waals surface area contributed by atoms with Crippen LogP contribution in [0.25, 0.3) is 0 Å². The van der Waals surface area contributed by atoms with Crippen LogP contribution in [0, 0.1) is 0 Å². The second-order valence-electron chi connectivity index (χ2n) is 6.88. The molecule has 2 N–H and O–H groups in total. The van der Waals surface area contributed by atoms with Crippen molar-refractivity contribution >= 4 is 11.8 Å². The van der Waals surface area contributed by atoms with Gasteiger partial charge in [0, 0.05) is 19.4 Å². The first-order chi connectivity index (χ1) is 12.5. The fourth-order valence-corrected chi connectivity index (χ4v) is 2.62. The molecule has 0 spiro atoms. The van der Waals surface area contributed by atoms with Gasteiger partial charge in [0.1, 0.15) is 11.8 Å². The Balaban J connectivity index is 2.70. The predicted octanol–water partition coefficient (Wildman–Crippen LogP) is 3.61. The van der Waals surface area contributed by atoms with Gasteiger partial charge in [-0.05, 0) is 44.4 Å². The molecule has 5 nitrogen and oxygen atoms in total. The molecule has 0 heterocycles. The van der Waals surface area contributed by atoms with Crippen LogP contribution in [0.4, 0.5) is 0 Å². The maximum atomic E-state index is 12.5. The van der Waals surface area contributed by atoms with E-state index >= 15 is 0 Å². The SMILES string of the molecule is CCCCCNC(=O)[C@H](Cc1ccc(OC(C)C)cc1)NC(=O)CCC. The second-order valence-corrected chi connectivity index (χ2v) is 6.88. The number of hydrogen-bond acceptors (Lipinski definition) is 3. The number of amides is 2. The Morgan fingerprint density at radius 3 is 2.31 bits per heavy atom. The van der Waals surface area contributed by atoms with Gasteiger partial charge in [-0.3, -0.25) is 9.59 Å². The predicted molar refractivity (Wildman–Crippen MR) is 105 cm³/mol. The molecule has 2 amide bonds. The summed E-state index contributed by atoms with van der Waals surface area (Å²) >= 11 is 0. The summed E-state index contributed by atoms with van der Waals surface area (Å²) in [6.45, 7) is 8.69. The number of rotatable bonds is 12. The van der Waals surface area contributed by atoms with Crippen LogP contribution in [0.5, 0.6) is 5.75 Å². The van der Waals surface area contributed by atoms with Crippen LogP contribution in [0.2, 0.25) is 0 Å². The van der Waals surface area contributed by atoms with Crippen LogP contribution in [0.15, 0.2) is 24.3 Å². The molecule has 0 aliphatic rings. The van der Waals surface area contributed by atoms with Gasteiger partial charge in [-0.1, -0.05) is 38.8 Å². The number of carbonyl (C=O) groups is 2. The molecule has 0 unspecified atom stereocenters. The monoisotopic (exact) mass is 362 g/mol. The Kier molecular flexibility index (Phi) is 10.4. The van der Waals surface area contributed by atoms with Gasteiger partial charge in [-0.25, -0.2) is 0 Å². The van der Waals surface area contributed by atoms with Crippen molar-refractivity contribution in [3.63, 3.8) is 0 Å². The van der Waals surface area contributed by atoms with Gasteiger partial charge in [0.05, 0.1) is 6.10 Å². The first-order valence-corrected chi connectivity index (χ1v) is 9.78. The molecular formula is C21H34N2O3. The maximum absolute atomic E-state index is 12.5. The van der Waals surface area contributed by atoms with Gasteiger partial charge in [0.15, 0.2) is 0 Å². The molecule has 0 fully saturated rings. The second kappa shape index (κ2) is 12.3. The van der Waals surface area contributed by atoms with Crippen LogP contribution < -0.4 is 15.4 Å². The van der Waals surface area contributed by atoms with E-state index in [1.807, 2.05) is 45.0 Å². The van der Waals surface area contributed by atoms with E-state index in [0.29, 0.717) is 19.4 Å². The summed E-state index contributed by atoms with van der Waals surface area (Å²) in [5, 5.41) is 5.82. The smallest absolute Gasteiger partial charge is 0.242 e. The van der Waals surface area contributed by atoms with Gasteiger partial charge in [0.25, 0.3) is 0 Å². The highest BCUT2D eigenvalue weighted by molar-refractivity contribution is 5.87. The van der Waals surface area contributed by atoms with Crippen molar-refractivity contribution in [2.45, 2.75) is 78.4 Å². The lowest BCUT2D eigenvalue weighted by Gasteiger charge is -2.19. The van der Waals surface area contributed by atoms with Crippen LogP contribution in [-0.2, 0) is 16.0 Å². The Labute approximate surface area is 157 Å². The topological polar surface area (TPSA) is 67.4 Å². The quantitative estimate of drug-likeness (QED) is 0.558. The van der Waals surface area contributed by atoms with E-state index in [1.165, 1.54) is 0 Å². The molecule has 0 bridgehead atoms. The molecule has 0 radical (unpaired) electrons. The van der Waals surface area contributed by atoms with Crippen LogP contribution in [0.1, 0.15) is 65.4 Å². The summed E-state index contributed by atoms with van der Waals surface area (Å²) in [4.78, 5) is 24.5. The summed E-state index contributed by atoms with van der Waals surface area (Å²) in [6.07, 6.45) is 4.94. The Bertz CT molecular complexity index is 541. The number of ether oxygens (including phenoxy) is 1. The van der Waals surface area contributed by atoms with Crippen LogP contribution >= 0.6 is 0 Å². The molecule has 0 saturated carbocycles. The number of carbonyl (C=O) groups excluding carboxylic acids is 2. The van der Waals surface area contributed by atoms with E-state index in [0.717, 1.165) is 37.0 Å². The fourth-order valence-electron chi connectivity index (χ4n) is 2.62. The zero-order valence-electron chi connectivity index (χ0n) is 16.6. The molecule has 1 aromatic carbocycles. The van der Waals surface area contributed by atoms with Crippen molar-refractivity contribution in [3.8, 4) is 5.75 Å². The van der Waals surface area contributed by atoms with Crippen molar-refractivity contribution in [1.29, 1.82) is 0 Å². The summed E-state index contributed by atoms with van der Waals surface area (Å²) in [5.74, 6) is 0.605. The lowest BCUT2D eigenvalue weighted by molar-refractivity contribution is -0.129. The number of hydrogen-bond donors (Lipinski definition) is 2. The molecule has 26 heavy (non-hydrogen) atoms. The van der Waals surface area contributed by atoms with Gasteiger partial charge in [-0.2, -0.15) is 0 Å². The van der Waals surface area contributed by atoms with Gasteiger partial charge < -0.3 is 15.4 Å². The number of nitrogens with one attached hydrogen (secondary N) is 2. The molecule has 0 aromatic heterocycles. The number of unbranched alkanes of at least 4 members (excludes halogenated alkanes) is 2. The minimum absolute atomic E-state index is 0.0824.